The van der Waals surface area contributed by atoms with Gasteiger partial charge in [0.1, 0.15) is 0 Å². The van der Waals surface area contributed by atoms with E-state index in [0.717, 1.165) is 63.7 Å². The molecule has 5 rings (SSSR count). The van der Waals surface area contributed by atoms with Crippen molar-refractivity contribution in [3.05, 3.63) is 61.8 Å². The van der Waals surface area contributed by atoms with Crippen LogP contribution in [-0.4, -0.2) is 67.3 Å². The van der Waals surface area contributed by atoms with Crippen LogP contribution >= 0.6 is 58.0 Å². The third kappa shape index (κ3) is 5.59. The fourth-order valence-corrected chi connectivity index (χ4v) is 5.04. The van der Waals surface area contributed by atoms with Gasteiger partial charge in [0.05, 0.1) is 20.1 Å². The van der Waals surface area contributed by atoms with Gasteiger partial charge in [0.2, 0.25) is 17.2 Å². The molecule has 0 atom stereocenters. The van der Waals surface area contributed by atoms with Crippen molar-refractivity contribution in [3.63, 3.8) is 0 Å². The van der Waals surface area contributed by atoms with Crippen LogP contribution in [0.15, 0.2) is 36.4 Å². The highest BCUT2D eigenvalue weighted by Gasteiger charge is 2.24. The van der Waals surface area contributed by atoms with Gasteiger partial charge in [-0.15, -0.1) is 0 Å². The highest BCUT2D eigenvalue weighted by atomic mass is 35.5. The molecule has 7 nitrogen and oxygen atoms in total. The Kier molecular flexibility index (Phi) is 7.51. The van der Waals surface area contributed by atoms with Gasteiger partial charge in [0, 0.05) is 63.7 Å². The minimum Gasteiger partial charge on any atom is -0.368 e. The molecule has 2 aliphatic rings. The lowest BCUT2D eigenvalue weighted by Gasteiger charge is -2.37. The van der Waals surface area contributed by atoms with Gasteiger partial charge in [-0.05, 0) is 48.0 Å². The summed E-state index contributed by atoms with van der Waals surface area (Å²) in [7, 11) is 0. The number of rotatable bonds is 4. The van der Waals surface area contributed by atoms with Crippen molar-refractivity contribution in [2.45, 2.75) is 0 Å². The second kappa shape index (κ2) is 10.6. The number of piperazine rings is 2. The van der Waals surface area contributed by atoms with Crippen molar-refractivity contribution in [3.8, 4) is 0 Å². The molecule has 184 valence electrons. The number of aromatic nitrogens is 3. The number of anilines is 4. The van der Waals surface area contributed by atoms with E-state index in [1.54, 1.807) is 0 Å². The van der Waals surface area contributed by atoms with Crippen molar-refractivity contribution in [2.75, 3.05) is 72.0 Å². The zero-order valence-corrected chi connectivity index (χ0v) is 22.4. The molecule has 2 aliphatic heterocycles. The molecule has 2 fully saturated rings. The molecule has 0 aliphatic carbocycles. The zero-order valence-electron chi connectivity index (χ0n) is 18.6. The largest absolute Gasteiger partial charge is 0.368 e. The van der Waals surface area contributed by atoms with Crippen LogP contribution in [0.25, 0.3) is 0 Å². The van der Waals surface area contributed by atoms with Crippen molar-refractivity contribution in [1.29, 1.82) is 0 Å². The van der Waals surface area contributed by atoms with Crippen LogP contribution < -0.4 is 19.6 Å². The van der Waals surface area contributed by atoms with Gasteiger partial charge in [0.15, 0.2) is 0 Å². The molecule has 3 aromatic rings. The van der Waals surface area contributed by atoms with Crippen molar-refractivity contribution in [1.82, 2.24) is 15.0 Å². The van der Waals surface area contributed by atoms with Crippen LogP contribution in [-0.2, 0) is 0 Å². The first-order chi connectivity index (χ1) is 16.9. The lowest BCUT2D eigenvalue weighted by Crippen LogP contribution is -2.48. The standard InChI is InChI=1S/C23H22Cl5N7/c24-17-3-1-15(13-19(17)26)32-5-9-34(10-6-32)22-29-21(28)30-23(31-22)35-11-7-33(8-12-35)16-2-4-18(25)20(27)14-16/h1-4,13-14H,5-12H2. The SMILES string of the molecule is Clc1nc(N2CCN(c3ccc(Cl)c(Cl)c3)CC2)nc(N2CCN(c3ccc(Cl)c(Cl)c3)CC2)n1. The van der Waals surface area contributed by atoms with E-state index in [2.05, 4.69) is 29.6 Å². The lowest BCUT2D eigenvalue weighted by molar-refractivity contribution is 0.623. The molecule has 0 unspecified atom stereocenters. The summed E-state index contributed by atoms with van der Waals surface area (Å²) in [4.78, 5) is 22.4. The van der Waals surface area contributed by atoms with Crippen LogP contribution in [0, 0.1) is 0 Å². The van der Waals surface area contributed by atoms with Gasteiger partial charge in [-0.3, -0.25) is 0 Å². The normalized spacial score (nSPS) is 16.7. The monoisotopic (exact) mass is 571 g/mol. The molecular weight excluding hydrogens is 552 g/mol. The van der Waals surface area contributed by atoms with E-state index in [1.165, 1.54) is 0 Å². The molecule has 0 spiro atoms. The maximum absolute atomic E-state index is 6.31. The molecular formula is C23H22Cl5N7. The predicted molar refractivity (Wildman–Crippen MR) is 147 cm³/mol. The molecule has 2 saturated heterocycles. The zero-order chi connectivity index (χ0) is 24.5. The second-order valence-corrected chi connectivity index (χ2v) is 10.3. The number of nitrogens with zero attached hydrogens (tertiary/aromatic N) is 7. The number of halogens is 5. The Balaban J connectivity index is 1.23. The van der Waals surface area contributed by atoms with E-state index < -0.39 is 0 Å². The summed E-state index contributed by atoms with van der Waals surface area (Å²) in [5, 5.41) is 2.42. The Morgan fingerprint density at radius 2 is 0.829 bits per heavy atom. The Morgan fingerprint density at radius 1 is 0.457 bits per heavy atom. The Bertz CT molecular complexity index is 1120. The van der Waals surface area contributed by atoms with Crippen LogP contribution in [0.3, 0.4) is 0 Å². The first kappa shape index (κ1) is 24.8. The Morgan fingerprint density at radius 3 is 1.20 bits per heavy atom. The van der Waals surface area contributed by atoms with Crippen molar-refractivity contribution in [2.24, 2.45) is 0 Å². The van der Waals surface area contributed by atoms with E-state index in [4.69, 9.17) is 63.0 Å². The first-order valence-corrected chi connectivity index (χ1v) is 13.1. The van der Waals surface area contributed by atoms with E-state index in [-0.39, 0.29) is 5.28 Å². The Hall–Kier alpha value is -1.90. The number of hydrogen-bond donors (Lipinski definition) is 0. The van der Waals surface area contributed by atoms with Gasteiger partial charge in [-0.2, -0.15) is 15.0 Å². The molecule has 35 heavy (non-hydrogen) atoms. The van der Waals surface area contributed by atoms with Crippen molar-refractivity contribution >= 4 is 81.3 Å². The molecule has 3 heterocycles. The average molecular weight is 574 g/mol. The van der Waals surface area contributed by atoms with Gasteiger partial charge >= 0.3 is 0 Å². The van der Waals surface area contributed by atoms with Gasteiger partial charge < -0.3 is 19.6 Å². The molecule has 2 aromatic carbocycles. The van der Waals surface area contributed by atoms with Crippen LogP contribution in [0.4, 0.5) is 23.3 Å². The summed E-state index contributed by atoms with van der Waals surface area (Å²) in [6.45, 7) is 6.24. The fraction of sp³-hybridized carbons (Fsp3) is 0.348. The third-order valence-electron chi connectivity index (χ3n) is 6.25. The van der Waals surface area contributed by atoms with Gasteiger partial charge in [-0.25, -0.2) is 0 Å². The van der Waals surface area contributed by atoms with Crippen LogP contribution in [0.1, 0.15) is 0 Å². The predicted octanol–water partition coefficient (Wildman–Crippen LogP) is 5.79. The fourth-order valence-electron chi connectivity index (χ4n) is 4.31. The molecule has 0 saturated carbocycles. The van der Waals surface area contributed by atoms with Gasteiger partial charge in [0.25, 0.3) is 0 Å². The summed E-state index contributed by atoms with van der Waals surface area (Å²) in [5.41, 5.74) is 2.10. The highest BCUT2D eigenvalue weighted by molar-refractivity contribution is 6.42. The van der Waals surface area contributed by atoms with E-state index in [9.17, 15) is 0 Å². The van der Waals surface area contributed by atoms with Gasteiger partial charge in [-0.1, -0.05) is 46.4 Å². The summed E-state index contributed by atoms with van der Waals surface area (Å²) >= 11 is 30.8. The highest BCUT2D eigenvalue weighted by Crippen LogP contribution is 2.30. The maximum atomic E-state index is 6.31. The first-order valence-electron chi connectivity index (χ1n) is 11.2. The third-order valence-corrected chi connectivity index (χ3v) is 7.89. The molecule has 1 aromatic heterocycles. The maximum Gasteiger partial charge on any atom is 0.231 e. The average Bonchev–Trinajstić information content (AvgIpc) is 2.87. The minimum atomic E-state index is 0.198. The second-order valence-electron chi connectivity index (χ2n) is 8.35. The summed E-state index contributed by atoms with van der Waals surface area (Å²) in [6.07, 6.45) is 0. The topological polar surface area (TPSA) is 51.6 Å². The summed E-state index contributed by atoms with van der Waals surface area (Å²) in [5.74, 6) is 1.20. The van der Waals surface area contributed by atoms with E-state index >= 15 is 0 Å². The minimum absolute atomic E-state index is 0.198. The summed E-state index contributed by atoms with van der Waals surface area (Å²) in [6, 6.07) is 11.4. The van der Waals surface area contributed by atoms with Crippen LogP contribution in [0.2, 0.25) is 25.4 Å². The molecule has 0 radical (unpaired) electrons. The van der Waals surface area contributed by atoms with E-state index in [0.29, 0.717) is 32.0 Å². The lowest BCUT2D eigenvalue weighted by atomic mass is 10.2. The molecule has 0 amide bonds. The summed E-state index contributed by atoms with van der Waals surface area (Å²) < 4.78 is 0. The Labute approximate surface area is 229 Å². The van der Waals surface area contributed by atoms with Crippen molar-refractivity contribution < 1.29 is 0 Å². The smallest absolute Gasteiger partial charge is 0.231 e. The molecule has 0 bridgehead atoms. The quantitative estimate of drug-likeness (QED) is 0.392. The van der Waals surface area contributed by atoms with Crippen LogP contribution in [0.5, 0.6) is 0 Å². The molecule has 12 heteroatoms. The number of hydrogen-bond acceptors (Lipinski definition) is 7. The van der Waals surface area contributed by atoms with E-state index in [1.807, 2.05) is 36.4 Å². The number of benzene rings is 2. The molecule has 0 N–H and O–H groups in total.